The number of amides is 2. The average molecular weight is 256 g/mol. The lowest BCUT2D eigenvalue weighted by molar-refractivity contribution is -0.129. The summed E-state index contributed by atoms with van der Waals surface area (Å²) in [6, 6.07) is -0.0815. The lowest BCUT2D eigenvalue weighted by Crippen LogP contribution is -2.54. The summed E-state index contributed by atoms with van der Waals surface area (Å²) in [4.78, 5) is 25.0. The van der Waals surface area contributed by atoms with Crippen LogP contribution in [-0.2, 0) is 9.59 Å². The SMILES string of the molecule is CCCC(C(=O)NN)N(CC(N)=O)C1CCCC1. The summed E-state index contributed by atoms with van der Waals surface area (Å²) in [5.74, 6) is 4.60. The topological polar surface area (TPSA) is 101 Å². The zero-order chi connectivity index (χ0) is 13.5. The molecule has 0 heterocycles. The summed E-state index contributed by atoms with van der Waals surface area (Å²) in [6.07, 6.45) is 5.87. The largest absolute Gasteiger partial charge is 0.369 e. The van der Waals surface area contributed by atoms with Crippen molar-refractivity contribution in [1.82, 2.24) is 10.3 Å². The normalized spacial score (nSPS) is 17.9. The van der Waals surface area contributed by atoms with Crippen LogP contribution < -0.4 is 17.0 Å². The minimum absolute atomic E-state index is 0.128. The molecule has 0 aromatic carbocycles. The van der Waals surface area contributed by atoms with E-state index in [1.54, 1.807) is 0 Å². The van der Waals surface area contributed by atoms with Gasteiger partial charge < -0.3 is 5.73 Å². The molecule has 1 aliphatic rings. The summed E-state index contributed by atoms with van der Waals surface area (Å²) in [7, 11) is 0. The molecule has 0 bridgehead atoms. The van der Waals surface area contributed by atoms with Crippen LogP contribution >= 0.6 is 0 Å². The number of nitrogens with zero attached hydrogens (tertiary/aromatic N) is 1. The van der Waals surface area contributed by atoms with Crippen molar-refractivity contribution in [2.24, 2.45) is 11.6 Å². The van der Waals surface area contributed by atoms with Crippen molar-refractivity contribution >= 4 is 11.8 Å². The number of hydrogen-bond acceptors (Lipinski definition) is 4. The Hall–Kier alpha value is -1.14. The van der Waals surface area contributed by atoms with Gasteiger partial charge in [0.05, 0.1) is 12.6 Å². The van der Waals surface area contributed by atoms with Gasteiger partial charge in [-0.1, -0.05) is 26.2 Å². The molecule has 0 radical (unpaired) electrons. The predicted molar refractivity (Wildman–Crippen MR) is 69.2 cm³/mol. The smallest absolute Gasteiger partial charge is 0.251 e. The lowest BCUT2D eigenvalue weighted by atomic mass is 10.1. The van der Waals surface area contributed by atoms with Crippen molar-refractivity contribution in [1.29, 1.82) is 0 Å². The van der Waals surface area contributed by atoms with Crippen LogP contribution in [-0.4, -0.2) is 35.3 Å². The minimum atomic E-state index is -0.396. The number of carbonyl (C=O) groups is 2. The highest BCUT2D eigenvalue weighted by Crippen LogP contribution is 2.26. The molecular formula is C12H24N4O2. The first-order chi connectivity index (χ1) is 8.60. The molecule has 6 nitrogen and oxygen atoms in total. The first-order valence-corrected chi connectivity index (χ1v) is 6.64. The quantitative estimate of drug-likeness (QED) is 0.335. The van der Waals surface area contributed by atoms with Gasteiger partial charge in [-0.05, 0) is 19.3 Å². The second-order valence-corrected chi connectivity index (χ2v) is 4.89. The van der Waals surface area contributed by atoms with Crippen molar-refractivity contribution in [2.75, 3.05) is 6.54 Å². The van der Waals surface area contributed by atoms with E-state index in [9.17, 15) is 9.59 Å². The molecule has 104 valence electrons. The third-order valence-corrected chi connectivity index (χ3v) is 3.54. The van der Waals surface area contributed by atoms with Gasteiger partial charge in [-0.3, -0.25) is 19.9 Å². The molecule has 0 spiro atoms. The van der Waals surface area contributed by atoms with Gasteiger partial charge in [-0.2, -0.15) is 0 Å². The highest BCUT2D eigenvalue weighted by molar-refractivity contribution is 5.82. The number of nitrogens with two attached hydrogens (primary N) is 2. The van der Waals surface area contributed by atoms with Gasteiger partial charge in [0.2, 0.25) is 5.91 Å². The van der Waals surface area contributed by atoms with Gasteiger partial charge in [0, 0.05) is 6.04 Å². The number of hydrogen-bond donors (Lipinski definition) is 3. The van der Waals surface area contributed by atoms with E-state index in [1.807, 2.05) is 11.8 Å². The molecule has 1 atom stereocenters. The second-order valence-electron chi connectivity index (χ2n) is 4.89. The predicted octanol–water partition coefficient (Wildman–Crippen LogP) is -0.125. The van der Waals surface area contributed by atoms with E-state index < -0.39 is 5.91 Å². The maximum absolute atomic E-state index is 11.9. The zero-order valence-electron chi connectivity index (χ0n) is 11.0. The standard InChI is InChI=1S/C12H24N4O2/c1-2-5-10(12(18)15-14)16(8-11(13)17)9-6-3-4-7-9/h9-10H,2-8,14H2,1H3,(H2,13,17)(H,15,18). The third kappa shape index (κ3) is 3.96. The van der Waals surface area contributed by atoms with Crippen LogP contribution in [0.2, 0.25) is 0 Å². The zero-order valence-corrected chi connectivity index (χ0v) is 11.0. The van der Waals surface area contributed by atoms with Crippen LogP contribution in [0.1, 0.15) is 45.4 Å². The fraction of sp³-hybridized carbons (Fsp3) is 0.833. The van der Waals surface area contributed by atoms with Crippen molar-refractivity contribution in [2.45, 2.75) is 57.5 Å². The Morgan fingerprint density at radius 3 is 2.44 bits per heavy atom. The Morgan fingerprint density at radius 1 is 1.39 bits per heavy atom. The molecule has 1 fully saturated rings. The summed E-state index contributed by atoms with van der Waals surface area (Å²) < 4.78 is 0. The Labute approximate surface area is 108 Å². The number of rotatable bonds is 7. The molecule has 5 N–H and O–H groups in total. The summed E-state index contributed by atoms with van der Waals surface area (Å²) in [5.41, 5.74) is 7.49. The van der Waals surface area contributed by atoms with Crippen LogP contribution in [0.25, 0.3) is 0 Å². The van der Waals surface area contributed by atoms with Gasteiger partial charge in [0.25, 0.3) is 5.91 Å². The molecule has 18 heavy (non-hydrogen) atoms. The van der Waals surface area contributed by atoms with E-state index in [0.29, 0.717) is 6.42 Å². The summed E-state index contributed by atoms with van der Waals surface area (Å²) in [5, 5.41) is 0. The van der Waals surface area contributed by atoms with Crippen LogP contribution in [0.3, 0.4) is 0 Å². The van der Waals surface area contributed by atoms with E-state index >= 15 is 0 Å². The number of primary amides is 1. The molecule has 1 saturated carbocycles. The van der Waals surface area contributed by atoms with Gasteiger partial charge in [0.15, 0.2) is 0 Å². The van der Waals surface area contributed by atoms with Gasteiger partial charge in [-0.15, -0.1) is 0 Å². The number of hydrazine groups is 1. The van der Waals surface area contributed by atoms with E-state index in [0.717, 1.165) is 32.1 Å². The molecule has 1 aliphatic carbocycles. The fourth-order valence-electron chi connectivity index (χ4n) is 2.73. The first-order valence-electron chi connectivity index (χ1n) is 6.64. The molecule has 2 amide bonds. The first kappa shape index (κ1) is 14.9. The molecule has 1 rings (SSSR count). The minimum Gasteiger partial charge on any atom is -0.369 e. The van der Waals surface area contributed by atoms with Crippen LogP contribution in [0, 0.1) is 0 Å². The molecule has 0 aromatic rings. The van der Waals surface area contributed by atoms with Crippen molar-refractivity contribution in [3.63, 3.8) is 0 Å². The fourth-order valence-corrected chi connectivity index (χ4v) is 2.73. The average Bonchev–Trinajstić information content (AvgIpc) is 2.86. The highest BCUT2D eigenvalue weighted by Gasteiger charge is 2.32. The van der Waals surface area contributed by atoms with Crippen molar-refractivity contribution in [3.8, 4) is 0 Å². The Bertz CT molecular complexity index is 290. The van der Waals surface area contributed by atoms with Gasteiger partial charge in [0.1, 0.15) is 0 Å². The van der Waals surface area contributed by atoms with Crippen LogP contribution in [0.4, 0.5) is 0 Å². The van der Waals surface area contributed by atoms with Crippen LogP contribution in [0.5, 0.6) is 0 Å². The van der Waals surface area contributed by atoms with Crippen LogP contribution in [0.15, 0.2) is 0 Å². The summed E-state index contributed by atoms with van der Waals surface area (Å²) >= 11 is 0. The van der Waals surface area contributed by atoms with E-state index in [1.165, 1.54) is 0 Å². The number of carbonyl (C=O) groups excluding carboxylic acids is 2. The summed E-state index contributed by atoms with van der Waals surface area (Å²) in [6.45, 7) is 2.14. The Balaban J connectivity index is 2.81. The molecule has 6 heteroatoms. The molecular weight excluding hydrogens is 232 g/mol. The van der Waals surface area contributed by atoms with Crippen molar-refractivity contribution in [3.05, 3.63) is 0 Å². The third-order valence-electron chi connectivity index (χ3n) is 3.54. The van der Waals surface area contributed by atoms with E-state index in [2.05, 4.69) is 5.43 Å². The Kier molecular flexibility index (Phi) is 6.07. The maximum Gasteiger partial charge on any atom is 0.251 e. The maximum atomic E-state index is 11.9. The molecule has 1 unspecified atom stereocenters. The second kappa shape index (κ2) is 7.33. The number of nitrogens with one attached hydrogen (secondary N) is 1. The lowest BCUT2D eigenvalue weighted by Gasteiger charge is -2.34. The molecule has 0 aromatic heterocycles. The van der Waals surface area contributed by atoms with Crippen molar-refractivity contribution < 1.29 is 9.59 Å². The molecule has 0 aliphatic heterocycles. The van der Waals surface area contributed by atoms with Gasteiger partial charge >= 0.3 is 0 Å². The van der Waals surface area contributed by atoms with Gasteiger partial charge in [-0.25, -0.2) is 5.84 Å². The Morgan fingerprint density at radius 2 is 2.00 bits per heavy atom. The van der Waals surface area contributed by atoms with E-state index in [-0.39, 0.29) is 24.5 Å². The van der Waals surface area contributed by atoms with E-state index in [4.69, 9.17) is 11.6 Å². The highest BCUT2D eigenvalue weighted by atomic mass is 16.2. The molecule has 0 saturated heterocycles. The monoisotopic (exact) mass is 256 g/mol.